The zero-order chi connectivity index (χ0) is 14.4. The summed E-state index contributed by atoms with van der Waals surface area (Å²) >= 11 is 0. The number of benzene rings is 1. The molecule has 0 aromatic heterocycles. The lowest BCUT2D eigenvalue weighted by Crippen LogP contribution is -2.37. The first kappa shape index (κ1) is 14.8. The minimum atomic E-state index is 0.112. The van der Waals surface area contributed by atoms with Crippen molar-refractivity contribution in [1.29, 1.82) is 0 Å². The SMILES string of the molecule is C=CCN(CCc1ccccc1)C(=O)C1CCC(N)C1. The van der Waals surface area contributed by atoms with E-state index < -0.39 is 0 Å². The number of nitrogens with two attached hydrogens (primary N) is 1. The quantitative estimate of drug-likeness (QED) is 0.808. The smallest absolute Gasteiger partial charge is 0.226 e. The Kier molecular flexibility index (Phi) is 5.36. The van der Waals surface area contributed by atoms with Gasteiger partial charge in [-0.05, 0) is 31.2 Å². The highest BCUT2D eigenvalue weighted by Gasteiger charge is 2.30. The summed E-state index contributed by atoms with van der Waals surface area (Å²) in [4.78, 5) is 14.4. The van der Waals surface area contributed by atoms with E-state index in [0.717, 1.165) is 32.2 Å². The highest BCUT2D eigenvalue weighted by Crippen LogP contribution is 2.26. The van der Waals surface area contributed by atoms with Crippen LogP contribution in [0.3, 0.4) is 0 Å². The Hall–Kier alpha value is -1.61. The summed E-state index contributed by atoms with van der Waals surface area (Å²) < 4.78 is 0. The minimum absolute atomic E-state index is 0.112. The van der Waals surface area contributed by atoms with Crippen LogP contribution in [0, 0.1) is 5.92 Å². The molecule has 0 spiro atoms. The third kappa shape index (κ3) is 3.94. The van der Waals surface area contributed by atoms with Gasteiger partial charge in [0.15, 0.2) is 0 Å². The number of hydrogen-bond acceptors (Lipinski definition) is 2. The lowest BCUT2D eigenvalue weighted by Gasteiger charge is -2.24. The van der Waals surface area contributed by atoms with Gasteiger partial charge >= 0.3 is 0 Å². The molecule has 2 unspecified atom stereocenters. The van der Waals surface area contributed by atoms with Gasteiger partial charge < -0.3 is 10.6 Å². The van der Waals surface area contributed by atoms with E-state index in [4.69, 9.17) is 5.73 Å². The van der Waals surface area contributed by atoms with Gasteiger partial charge in [0.1, 0.15) is 0 Å². The molecule has 108 valence electrons. The number of hydrogen-bond donors (Lipinski definition) is 1. The van der Waals surface area contributed by atoms with Crippen molar-refractivity contribution in [2.24, 2.45) is 11.7 Å². The van der Waals surface area contributed by atoms with Gasteiger partial charge in [0.2, 0.25) is 5.91 Å². The minimum Gasteiger partial charge on any atom is -0.338 e. The van der Waals surface area contributed by atoms with E-state index in [2.05, 4.69) is 18.7 Å². The zero-order valence-electron chi connectivity index (χ0n) is 12.0. The van der Waals surface area contributed by atoms with E-state index in [1.54, 1.807) is 6.08 Å². The van der Waals surface area contributed by atoms with Crippen LogP contribution in [0.1, 0.15) is 24.8 Å². The van der Waals surface area contributed by atoms with Crippen LogP contribution in [-0.2, 0) is 11.2 Å². The van der Waals surface area contributed by atoms with Gasteiger partial charge in [0.05, 0.1) is 0 Å². The second-order valence-corrected chi connectivity index (χ2v) is 5.58. The molecule has 1 aromatic rings. The van der Waals surface area contributed by atoms with E-state index in [1.165, 1.54) is 5.56 Å². The molecular formula is C17H24N2O. The van der Waals surface area contributed by atoms with Gasteiger partial charge in [-0.25, -0.2) is 0 Å². The van der Waals surface area contributed by atoms with Crippen molar-refractivity contribution in [2.75, 3.05) is 13.1 Å². The summed E-state index contributed by atoms with van der Waals surface area (Å²) in [7, 11) is 0. The molecule has 2 rings (SSSR count). The van der Waals surface area contributed by atoms with E-state index in [0.29, 0.717) is 6.54 Å². The Morgan fingerprint density at radius 1 is 1.35 bits per heavy atom. The topological polar surface area (TPSA) is 46.3 Å². The largest absolute Gasteiger partial charge is 0.338 e. The van der Waals surface area contributed by atoms with Gasteiger partial charge in [-0.3, -0.25) is 4.79 Å². The zero-order valence-corrected chi connectivity index (χ0v) is 12.0. The van der Waals surface area contributed by atoms with Crippen LogP contribution >= 0.6 is 0 Å². The van der Waals surface area contributed by atoms with Crippen molar-refractivity contribution in [1.82, 2.24) is 4.90 Å². The Morgan fingerprint density at radius 3 is 2.70 bits per heavy atom. The summed E-state index contributed by atoms with van der Waals surface area (Å²) in [5.74, 6) is 0.356. The maximum Gasteiger partial charge on any atom is 0.226 e. The van der Waals surface area contributed by atoms with Crippen LogP contribution in [0.4, 0.5) is 0 Å². The number of nitrogens with zero attached hydrogens (tertiary/aromatic N) is 1. The first-order valence-corrected chi connectivity index (χ1v) is 7.40. The number of carbonyl (C=O) groups excluding carboxylic acids is 1. The monoisotopic (exact) mass is 272 g/mol. The molecule has 0 saturated heterocycles. The second kappa shape index (κ2) is 7.25. The third-order valence-corrected chi connectivity index (χ3v) is 4.00. The lowest BCUT2D eigenvalue weighted by molar-refractivity contribution is -0.134. The Labute approximate surface area is 121 Å². The van der Waals surface area contributed by atoms with Crippen LogP contribution in [-0.4, -0.2) is 29.9 Å². The Morgan fingerprint density at radius 2 is 2.10 bits per heavy atom. The first-order valence-electron chi connectivity index (χ1n) is 7.40. The molecule has 2 atom stereocenters. The van der Waals surface area contributed by atoms with Crippen molar-refractivity contribution in [3.63, 3.8) is 0 Å². The average molecular weight is 272 g/mol. The van der Waals surface area contributed by atoms with Gasteiger partial charge in [-0.1, -0.05) is 36.4 Å². The van der Waals surface area contributed by atoms with Gasteiger partial charge in [-0.2, -0.15) is 0 Å². The summed E-state index contributed by atoms with van der Waals surface area (Å²) in [5, 5.41) is 0. The predicted molar refractivity (Wildman–Crippen MR) is 82.2 cm³/mol. The highest BCUT2D eigenvalue weighted by atomic mass is 16.2. The number of carbonyl (C=O) groups is 1. The van der Waals surface area contributed by atoms with E-state index in [1.807, 2.05) is 23.1 Å². The molecule has 20 heavy (non-hydrogen) atoms. The summed E-state index contributed by atoms with van der Waals surface area (Å²) in [5.41, 5.74) is 7.17. The van der Waals surface area contributed by atoms with E-state index in [-0.39, 0.29) is 17.9 Å². The molecule has 1 amide bonds. The fraction of sp³-hybridized carbons (Fsp3) is 0.471. The van der Waals surface area contributed by atoms with Gasteiger partial charge in [-0.15, -0.1) is 6.58 Å². The fourth-order valence-electron chi connectivity index (χ4n) is 2.85. The molecule has 1 saturated carbocycles. The van der Waals surface area contributed by atoms with Crippen molar-refractivity contribution in [3.8, 4) is 0 Å². The molecule has 0 bridgehead atoms. The number of rotatable bonds is 6. The maximum atomic E-state index is 12.5. The molecule has 0 radical (unpaired) electrons. The summed E-state index contributed by atoms with van der Waals surface area (Å²) in [6, 6.07) is 10.5. The molecule has 1 aliphatic rings. The van der Waals surface area contributed by atoms with Crippen LogP contribution in [0.15, 0.2) is 43.0 Å². The molecule has 1 aromatic carbocycles. The highest BCUT2D eigenvalue weighted by molar-refractivity contribution is 5.79. The van der Waals surface area contributed by atoms with Gasteiger partial charge in [0, 0.05) is 25.0 Å². The lowest BCUT2D eigenvalue weighted by atomic mass is 10.1. The van der Waals surface area contributed by atoms with Crippen LogP contribution in [0.2, 0.25) is 0 Å². The Balaban J connectivity index is 1.92. The fourth-order valence-corrected chi connectivity index (χ4v) is 2.85. The molecule has 2 N–H and O–H groups in total. The third-order valence-electron chi connectivity index (χ3n) is 4.00. The number of amides is 1. The summed E-state index contributed by atoms with van der Waals surface area (Å²) in [6.07, 6.45) is 5.42. The van der Waals surface area contributed by atoms with E-state index >= 15 is 0 Å². The molecule has 0 aliphatic heterocycles. The average Bonchev–Trinajstić information content (AvgIpc) is 2.90. The summed E-state index contributed by atoms with van der Waals surface area (Å²) in [6.45, 7) is 5.13. The molecular weight excluding hydrogens is 248 g/mol. The van der Waals surface area contributed by atoms with Crippen LogP contribution < -0.4 is 5.73 Å². The van der Waals surface area contributed by atoms with Gasteiger partial charge in [0.25, 0.3) is 0 Å². The maximum absolute atomic E-state index is 12.5. The van der Waals surface area contributed by atoms with Crippen molar-refractivity contribution < 1.29 is 4.79 Å². The molecule has 1 aliphatic carbocycles. The molecule has 0 heterocycles. The molecule has 3 heteroatoms. The van der Waals surface area contributed by atoms with E-state index in [9.17, 15) is 4.79 Å². The Bertz CT molecular complexity index is 444. The second-order valence-electron chi connectivity index (χ2n) is 5.58. The van der Waals surface area contributed by atoms with Crippen LogP contribution in [0.5, 0.6) is 0 Å². The first-order chi connectivity index (χ1) is 9.70. The van der Waals surface area contributed by atoms with Crippen molar-refractivity contribution in [2.45, 2.75) is 31.7 Å². The standard InChI is InChI=1S/C17H24N2O/c1-2-11-19(12-10-14-6-4-3-5-7-14)17(20)15-8-9-16(18)13-15/h2-7,15-16H,1,8-13,18H2. The van der Waals surface area contributed by atoms with Crippen molar-refractivity contribution in [3.05, 3.63) is 48.6 Å². The van der Waals surface area contributed by atoms with Crippen molar-refractivity contribution >= 4 is 5.91 Å². The normalized spacial score (nSPS) is 21.6. The predicted octanol–water partition coefficient (Wildman–Crippen LogP) is 2.37. The molecule has 3 nitrogen and oxygen atoms in total. The molecule has 1 fully saturated rings. The van der Waals surface area contributed by atoms with Crippen LogP contribution in [0.25, 0.3) is 0 Å².